The first-order chi connectivity index (χ1) is 10.4. The number of aromatic amines is 1. The van der Waals surface area contributed by atoms with Crippen molar-refractivity contribution in [2.24, 2.45) is 7.05 Å². The van der Waals surface area contributed by atoms with Crippen LogP contribution >= 0.6 is 11.3 Å². The average Bonchev–Trinajstić information content (AvgIpc) is 2.73. The van der Waals surface area contributed by atoms with Crippen molar-refractivity contribution in [1.82, 2.24) is 19.3 Å². The maximum Gasteiger partial charge on any atom is 0.362 e. The van der Waals surface area contributed by atoms with E-state index >= 15 is 0 Å². The molecule has 3 rings (SSSR count). The van der Waals surface area contributed by atoms with Crippen LogP contribution in [0.5, 0.6) is 0 Å². The predicted octanol–water partition coefficient (Wildman–Crippen LogP) is -0.468. The molecule has 112 valence electrons. The molecule has 0 saturated heterocycles. The molecule has 2 N–H and O–H groups in total. The van der Waals surface area contributed by atoms with E-state index in [1.807, 2.05) is 4.98 Å². The Morgan fingerprint density at radius 1 is 1.32 bits per heavy atom. The molecule has 0 saturated carbocycles. The van der Waals surface area contributed by atoms with Gasteiger partial charge in [0.15, 0.2) is 0 Å². The van der Waals surface area contributed by atoms with Crippen LogP contribution in [0.3, 0.4) is 0 Å². The van der Waals surface area contributed by atoms with Gasteiger partial charge in [-0.25, -0.2) is 9.59 Å². The minimum Gasteiger partial charge on any atom is -0.476 e. The first kappa shape index (κ1) is 13.9. The van der Waals surface area contributed by atoms with E-state index in [1.165, 1.54) is 16.7 Å². The lowest BCUT2D eigenvalue weighted by molar-refractivity contribution is 0.0685. The summed E-state index contributed by atoms with van der Waals surface area (Å²) in [4.78, 5) is 47.5. The number of hydrogen-bond acceptors (Lipinski definition) is 6. The maximum atomic E-state index is 11.8. The van der Waals surface area contributed by atoms with Crippen LogP contribution in [-0.4, -0.2) is 30.4 Å². The highest BCUT2D eigenvalue weighted by atomic mass is 32.1. The maximum absolute atomic E-state index is 11.8. The number of benzene rings is 1. The van der Waals surface area contributed by atoms with Crippen LogP contribution in [0.2, 0.25) is 0 Å². The molecule has 2 aromatic heterocycles. The van der Waals surface area contributed by atoms with Gasteiger partial charge >= 0.3 is 16.5 Å². The van der Waals surface area contributed by atoms with Crippen LogP contribution in [-0.2, 0) is 7.05 Å². The molecule has 0 radical (unpaired) electrons. The third kappa shape index (κ3) is 2.05. The van der Waals surface area contributed by atoms with E-state index < -0.39 is 22.9 Å². The summed E-state index contributed by atoms with van der Waals surface area (Å²) in [5.74, 6) is -1.54. The Morgan fingerprint density at radius 3 is 2.73 bits per heavy atom. The van der Waals surface area contributed by atoms with Crippen molar-refractivity contribution in [3.05, 3.63) is 54.4 Å². The summed E-state index contributed by atoms with van der Waals surface area (Å²) in [5.41, 5.74) is -1.80. The van der Waals surface area contributed by atoms with Crippen LogP contribution in [0.4, 0.5) is 0 Å². The monoisotopic (exact) mass is 320 g/mol. The molecule has 0 unspecified atom stereocenters. The second kappa shape index (κ2) is 4.77. The Balaban J connectivity index is 2.29. The fourth-order valence-electron chi connectivity index (χ4n) is 1.97. The number of rotatable bonds is 2. The van der Waals surface area contributed by atoms with Crippen LogP contribution in [0.15, 0.2) is 32.6 Å². The average molecular weight is 320 g/mol. The molecule has 0 atom stereocenters. The summed E-state index contributed by atoms with van der Waals surface area (Å²) in [6, 6.07) is 4.65. The van der Waals surface area contributed by atoms with Crippen molar-refractivity contribution < 1.29 is 9.90 Å². The zero-order valence-electron chi connectivity index (χ0n) is 11.1. The van der Waals surface area contributed by atoms with E-state index in [4.69, 9.17) is 5.11 Å². The summed E-state index contributed by atoms with van der Waals surface area (Å²) in [6.45, 7) is 0. The summed E-state index contributed by atoms with van der Waals surface area (Å²) in [6.07, 6.45) is 0. The van der Waals surface area contributed by atoms with Gasteiger partial charge < -0.3 is 9.67 Å². The number of carboxylic acid groups (broad SMARTS) is 1. The summed E-state index contributed by atoms with van der Waals surface area (Å²) >= 11 is 0.983. The Labute approximate surface area is 124 Å². The number of nitrogens with one attached hydrogen (secondary N) is 1. The smallest absolute Gasteiger partial charge is 0.362 e. The normalized spacial score (nSPS) is 11.0. The third-order valence-corrected chi connectivity index (χ3v) is 4.05. The lowest BCUT2D eigenvalue weighted by atomic mass is 10.3. The number of H-pyrrole nitrogens is 1. The van der Waals surface area contributed by atoms with Gasteiger partial charge in [-0.15, -0.1) is 0 Å². The third-order valence-electron chi connectivity index (χ3n) is 3.05. The molecular weight excluding hydrogens is 312 g/mol. The lowest BCUT2D eigenvalue weighted by Crippen LogP contribution is -2.35. The van der Waals surface area contributed by atoms with Crippen LogP contribution in [0.1, 0.15) is 10.5 Å². The lowest BCUT2D eigenvalue weighted by Gasteiger charge is -2.04. The van der Waals surface area contributed by atoms with Gasteiger partial charge in [-0.2, -0.15) is 9.78 Å². The largest absolute Gasteiger partial charge is 0.476 e. The number of aromatic carboxylic acids is 1. The van der Waals surface area contributed by atoms with Crippen molar-refractivity contribution >= 4 is 27.5 Å². The number of fused-ring (bicyclic) bond motifs is 1. The standard InChI is InChI=1S/C12H8N4O5S/c1-15-6-3-2-5(4-7(6)22-12(15)21)16-11(20)13-9(17)8(14-16)10(18)19/h2-4H,1H3,(H,18,19)(H,13,17,20). The van der Waals surface area contributed by atoms with E-state index in [9.17, 15) is 19.2 Å². The number of nitrogens with zero attached hydrogens (tertiary/aromatic N) is 3. The second-order valence-corrected chi connectivity index (χ2v) is 5.40. The molecule has 3 aromatic rings. The topological polar surface area (TPSA) is 127 Å². The van der Waals surface area contributed by atoms with Gasteiger partial charge in [-0.1, -0.05) is 11.3 Å². The number of carboxylic acids is 1. The van der Waals surface area contributed by atoms with E-state index in [2.05, 4.69) is 5.10 Å². The SMILES string of the molecule is Cn1c(=O)sc2cc(-n3nc(C(=O)O)c(=O)[nH]c3=O)ccc21. The highest BCUT2D eigenvalue weighted by Crippen LogP contribution is 2.19. The van der Waals surface area contributed by atoms with Gasteiger partial charge in [0.2, 0.25) is 5.69 Å². The van der Waals surface area contributed by atoms with Crippen molar-refractivity contribution in [2.45, 2.75) is 0 Å². The minimum absolute atomic E-state index is 0.167. The van der Waals surface area contributed by atoms with Crippen molar-refractivity contribution in [1.29, 1.82) is 0 Å². The molecule has 0 spiro atoms. The van der Waals surface area contributed by atoms with Crippen molar-refractivity contribution in [2.75, 3.05) is 0 Å². The first-order valence-corrected chi connectivity index (χ1v) is 6.77. The van der Waals surface area contributed by atoms with Gasteiger partial charge in [0.05, 0.1) is 15.9 Å². The molecule has 0 aliphatic heterocycles. The van der Waals surface area contributed by atoms with Gasteiger partial charge in [0.1, 0.15) is 0 Å². The number of aromatic nitrogens is 4. The summed E-state index contributed by atoms with van der Waals surface area (Å²) in [5, 5.41) is 12.5. The molecule has 2 heterocycles. The van der Waals surface area contributed by atoms with Gasteiger partial charge in [0.25, 0.3) is 5.56 Å². The van der Waals surface area contributed by atoms with Crippen LogP contribution in [0, 0.1) is 0 Å². The molecular formula is C12H8N4O5S. The first-order valence-electron chi connectivity index (χ1n) is 5.95. The molecule has 1 aromatic carbocycles. The van der Waals surface area contributed by atoms with E-state index in [0.717, 1.165) is 16.0 Å². The predicted molar refractivity (Wildman–Crippen MR) is 78.0 cm³/mol. The molecule has 0 bridgehead atoms. The summed E-state index contributed by atoms with van der Waals surface area (Å²) in [7, 11) is 1.62. The highest BCUT2D eigenvalue weighted by Gasteiger charge is 2.15. The van der Waals surface area contributed by atoms with Gasteiger partial charge in [-0.05, 0) is 18.2 Å². The molecule has 10 heteroatoms. The van der Waals surface area contributed by atoms with Crippen molar-refractivity contribution in [3.63, 3.8) is 0 Å². The van der Waals surface area contributed by atoms with Crippen molar-refractivity contribution in [3.8, 4) is 5.69 Å². The molecule has 22 heavy (non-hydrogen) atoms. The number of hydrogen-bond donors (Lipinski definition) is 2. The van der Waals surface area contributed by atoms with Gasteiger partial charge in [0, 0.05) is 7.05 Å². The zero-order chi connectivity index (χ0) is 16.0. The van der Waals surface area contributed by atoms with Crippen LogP contribution in [0.25, 0.3) is 15.9 Å². The number of thiazole rings is 1. The quantitative estimate of drug-likeness (QED) is 0.657. The minimum atomic E-state index is -1.54. The molecule has 0 fully saturated rings. The Hall–Kier alpha value is -3.01. The highest BCUT2D eigenvalue weighted by molar-refractivity contribution is 7.16. The summed E-state index contributed by atoms with van der Waals surface area (Å²) < 4.78 is 2.84. The molecule has 0 amide bonds. The Morgan fingerprint density at radius 2 is 2.05 bits per heavy atom. The molecule has 0 aliphatic carbocycles. The zero-order valence-corrected chi connectivity index (χ0v) is 11.9. The van der Waals surface area contributed by atoms with E-state index in [1.54, 1.807) is 13.1 Å². The van der Waals surface area contributed by atoms with Gasteiger partial charge in [-0.3, -0.25) is 14.6 Å². The fourth-order valence-corrected chi connectivity index (χ4v) is 2.88. The Bertz CT molecular complexity index is 1090. The molecule has 0 aliphatic rings. The fraction of sp³-hybridized carbons (Fsp3) is 0.0833. The number of aryl methyl sites for hydroxylation is 1. The Kier molecular flexibility index (Phi) is 3.03. The number of carbonyl (C=O) groups is 1. The molecule has 9 nitrogen and oxygen atoms in total. The van der Waals surface area contributed by atoms with E-state index in [-0.39, 0.29) is 10.6 Å². The van der Waals surface area contributed by atoms with Crippen LogP contribution < -0.4 is 16.1 Å². The second-order valence-electron chi connectivity index (χ2n) is 4.40. The van der Waals surface area contributed by atoms with E-state index in [0.29, 0.717) is 10.2 Å².